The molecular formula is C18H16ClN3O4. The number of guanidine groups is 1. The van der Waals surface area contributed by atoms with E-state index in [1.54, 1.807) is 49.4 Å². The van der Waals surface area contributed by atoms with Crippen LogP contribution in [0.3, 0.4) is 0 Å². The topological polar surface area (TPSA) is 121 Å². The number of benzene rings is 2. The lowest BCUT2D eigenvalue weighted by Gasteiger charge is -2.06. The fourth-order valence-corrected chi connectivity index (χ4v) is 2.25. The average molecular weight is 374 g/mol. The second kappa shape index (κ2) is 7.71. The second-order valence-electron chi connectivity index (χ2n) is 5.39. The maximum Gasteiger partial charge on any atom is 0.343 e. The van der Waals surface area contributed by atoms with Crippen molar-refractivity contribution < 1.29 is 13.9 Å². The van der Waals surface area contributed by atoms with Gasteiger partial charge in [0.1, 0.15) is 11.3 Å². The van der Waals surface area contributed by atoms with Crippen LogP contribution in [-0.4, -0.2) is 11.9 Å². The number of aryl methyl sites for hydroxylation is 1. The van der Waals surface area contributed by atoms with E-state index in [0.717, 1.165) is 5.39 Å². The summed E-state index contributed by atoms with van der Waals surface area (Å²) in [5.41, 5.74) is 11.9. The number of ether oxygens (including phenoxy) is 1. The number of aliphatic imine (C=N–C) groups is 1. The molecule has 2 aromatic carbocycles. The molecule has 1 aromatic heterocycles. The van der Waals surface area contributed by atoms with Crippen LogP contribution in [0.15, 0.2) is 62.7 Å². The van der Waals surface area contributed by atoms with Crippen molar-refractivity contribution in [2.75, 3.05) is 0 Å². The molecule has 1 heterocycles. The van der Waals surface area contributed by atoms with E-state index in [0.29, 0.717) is 22.4 Å². The van der Waals surface area contributed by atoms with Gasteiger partial charge in [-0.05, 0) is 49.4 Å². The molecule has 3 aromatic rings. The third kappa shape index (κ3) is 4.20. The van der Waals surface area contributed by atoms with E-state index in [1.807, 2.05) is 0 Å². The Morgan fingerprint density at radius 1 is 1.08 bits per heavy atom. The molecule has 0 bridgehead atoms. The van der Waals surface area contributed by atoms with Crippen LogP contribution in [0.5, 0.6) is 5.75 Å². The smallest absolute Gasteiger partial charge is 0.343 e. The molecule has 0 unspecified atom stereocenters. The third-order valence-electron chi connectivity index (χ3n) is 3.45. The molecule has 26 heavy (non-hydrogen) atoms. The van der Waals surface area contributed by atoms with Crippen LogP contribution in [0.25, 0.3) is 11.0 Å². The van der Waals surface area contributed by atoms with E-state index in [2.05, 4.69) is 4.99 Å². The summed E-state index contributed by atoms with van der Waals surface area (Å²) in [5, 5.41) is 0.749. The van der Waals surface area contributed by atoms with E-state index in [9.17, 15) is 9.59 Å². The Kier molecular flexibility index (Phi) is 5.64. The van der Waals surface area contributed by atoms with Crippen molar-refractivity contribution >= 4 is 41.0 Å². The van der Waals surface area contributed by atoms with E-state index in [-0.39, 0.29) is 24.1 Å². The zero-order valence-electron chi connectivity index (χ0n) is 13.8. The molecule has 0 aliphatic rings. The van der Waals surface area contributed by atoms with E-state index in [4.69, 9.17) is 20.6 Å². The van der Waals surface area contributed by atoms with E-state index >= 15 is 0 Å². The lowest BCUT2D eigenvalue weighted by Crippen LogP contribution is -2.21. The summed E-state index contributed by atoms with van der Waals surface area (Å²) in [6.07, 6.45) is 0. The van der Waals surface area contributed by atoms with Crippen molar-refractivity contribution in [2.45, 2.75) is 6.92 Å². The van der Waals surface area contributed by atoms with Crippen molar-refractivity contribution in [3.05, 3.63) is 70.1 Å². The Bertz CT molecular complexity index is 1040. The van der Waals surface area contributed by atoms with Crippen LogP contribution in [0.1, 0.15) is 15.9 Å². The highest BCUT2D eigenvalue weighted by atomic mass is 35.5. The van der Waals surface area contributed by atoms with E-state index in [1.165, 1.54) is 6.07 Å². The Morgan fingerprint density at radius 3 is 2.42 bits per heavy atom. The molecule has 0 aliphatic carbocycles. The molecule has 0 fully saturated rings. The van der Waals surface area contributed by atoms with Crippen molar-refractivity contribution in [3.8, 4) is 5.75 Å². The monoisotopic (exact) mass is 373 g/mol. The Hall–Kier alpha value is -3.32. The van der Waals surface area contributed by atoms with Crippen molar-refractivity contribution in [1.82, 2.24) is 0 Å². The van der Waals surface area contributed by atoms with Crippen molar-refractivity contribution in [1.29, 1.82) is 0 Å². The summed E-state index contributed by atoms with van der Waals surface area (Å²) in [5.74, 6) is -0.342. The molecule has 0 aliphatic heterocycles. The van der Waals surface area contributed by atoms with Crippen molar-refractivity contribution in [2.24, 2.45) is 16.5 Å². The Balaban J connectivity index is 0.00000243. The maximum atomic E-state index is 12.2. The van der Waals surface area contributed by atoms with E-state index < -0.39 is 11.6 Å². The Morgan fingerprint density at radius 2 is 1.77 bits per heavy atom. The first-order chi connectivity index (χ1) is 11.9. The van der Waals surface area contributed by atoms with Crippen LogP contribution >= 0.6 is 12.4 Å². The van der Waals surface area contributed by atoms with Crippen LogP contribution in [0, 0.1) is 6.92 Å². The molecule has 0 saturated carbocycles. The molecule has 0 atom stereocenters. The largest absolute Gasteiger partial charge is 0.423 e. The number of hydrogen-bond acceptors (Lipinski definition) is 5. The van der Waals surface area contributed by atoms with Gasteiger partial charge in [-0.2, -0.15) is 0 Å². The molecule has 134 valence electrons. The average Bonchev–Trinajstić information content (AvgIpc) is 2.56. The summed E-state index contributed by atoms with van der Waals surface area (Å²) in [7, 11) is 0. The number of esters is 1. The first-order valence-corrected chi connectivity index (χ1v) is 7.39. The predicted octanol–water partition coefficient (Wildman–Crippen LogP) is 2.65. The van der Waals surface area contributed by atoms with Crippen LogP contribution in [-0.2, 0) is 0 Å². The highest BCUT2D eigenvalue weighted by Gasteiger charge is 2.10. The SMILES string of the molecule is Cc1cc2ccc(OC(=O)c3ccc(N=C(N)N)cc3)cc2oc1=O.Cl. The van der Waals surface area contributed by atoms with Gasteiger partial charge in [-0.15, -0.1) is 12.4 Å². The molecule has 8 heteroatoms. The van der Waals surface area contributed by atoms with Crippen LogP contribution < -0.4 is 21.8 Å². The highest BCUT2D eigenvalue weighted by molar-refractivity contribution is 5.92. The minimum atomic E-state index is -0.551. The molecule has 3 rings (SSSR count). The molecule has 0 amide bonds. The first kappa shape index (κ1) is 19.0. The van der Waals surface area contributed by atoms with Gasteiger partial charge in [0.25, 0.3) is 0 Å². The minimum Gasteiger partial charge on any atom is -0.423 e. The summed E-state index contributed by atoms with van der Waals surface area (Å²) in [6.45, 7) is 1.67. The van der Waals surface area contributed by atoms with Gasteiger partial charge < -0.3 is 20.6 Å². The quantitative estimate of drug-likeness (QED) is 0.239. The number of nitrogens with two attached hydrogens (primary N) is 2. The van der Waals surface area contributed by atoms with Gasteiger partial charge >= 0.3 is 11.6 Å². The molecule has 7 nitrogen and oxygen atoms in total. The number of rotatable bonds is 3. The predicted molar refractivity (Wildman–Crippen MR) is 101 cm³/mol. The van der Waals surface area contributed by atoms with Crippen LogP contribution in [0.4, 0.5) is 5.69 Å². The second-order valence-corrected chi connectivity index (χ2v) is 5.39. The van der Waals surface area contributed by atoms with Gasteiger partial charge in [-0.3, -0.25) is 0 Å². The molecule has 0 spiro atoms. The lowest BCUT2D eigenvalue weighted by molar-refractivity contribution is 0.0735. The summed E-state index contributed by atoms with van der Waals surface area (Å²) < 4.78 is 10.5. The molecular weight excluding hydrogens is 358 g/mol. The van der Waals surface area contributed by atoms with Gasteiger partial charge in [0.05, 0.1) is 11.3 Å². The number of fused-ring (bicyclic) bond motifs is 1. The van der Waals surface area contributed by atoms with Gasteiger partial charge in [-0.25, -0.2) is 14.6 Å². The van der Waals surface area contributed by atoms with Gasteiger partial charge in [0, 0.05) is 17.0 Å². The summed E-state index contributed by atoms with van der Waals surface area (Å²) in [6, 6.07) is 12.9. The zero-order valence-corrected chi connectivity index (χ0v) is 14.6. The fraction of sp³-hybridized carbons (Fsp3) is 0.0556. The number of hydrogen-bond donors (Lipinski definition) is 2. The lowest BCUT2D eigenvalue weighted by atomic mass is 10.2. The summed E-state index contributed by atoms with van der Waals surface area (Å²) >= 11 is 0. The normalized spacial score (nSPS) is 10.0. The number of carbonyl (C=O) groups is 1. The standard InChI is InChI=1S/C18H15N3O4.ClH/c1-10-8-12-4-7-14(9-15(12)25-16(10)22)24-17(23)11-2-5-13(6-3-11)21-18(19)20;/h2-9H,1H3,(H4,19,20,21);1H. The molecule has 0 saturated heterocycles. The molecule has 0 radical (unpaired) electrons. The van der Waals surface area contributed by atoms with Crippen LogP contribution in [0.2, 0.25) is 0 Å². The van der Waals surface area contributed by atoms with Gasteiger partial charge in [0.15, 0.2) is 5.96 Å². The first-order valence-electron chi connectivity index (χ1n) is 7.39. The highest BCUT2D eigenvalue weighted by Crippen LogP contribution is 2.22. The number of halogens is 1. The van der Waals surface area contributed by atoms with Gasteiger partial charge in [-0.1, -0.05) is 0 Å². The maximum absolute atomic E-state index is 12.2. The Labute approximate surface area is 154 Å². The van der Waals surface area contributed by atoms with Crippen molar-refractivity contribution in [3.63, 3.8) is 0 Å². The summed E-state index contributed by atoms with van der Waals surface area (Å²) in [4.78, 5) is 27.7. The number of carbonyl (C=O) groups excluding carboxylic acids is 1. The minimum absolute atomic E-state index is 0. The zero-order chi connectivity index (χ0) is 18.0. The molecule has 4 N–H and O–H groups in total. The van der Waals surface area contributed by atoms with Gasteiger partial charge in [0.2, 0.25) is 0 Å². The third-order valence-corrected chi connectivity index (χ3v) is 3.45. The fourth-order valence-electron chi connectivity index (χ4n) is 2.25. The number of nitrogens with zero attached hydrogens (tertiary/aromatic N) is 1.